The number of carbonyl (C=O) groups is 1. The number of carbonyl (C=O) groups excluding carboxylic acids is 1. The van der Waals surface area contributed by atoms with Gasteiger partial charge >= 0.3 is 5.97 Å². The molecule has 88 valence electrons. The van der Waals surface area contributed by atoms with Gasteiger partial charge in [-0.2, -0.15) is 0 Å². The van der Waals surface area contributed by atoms with Gasteiger partial charge in [-0.25, -0.2) is 0 Å². The van der Waals surface area contributed by atoms with E-state index in [4.69, 9.17) is 15.2 Å². The van der Waals surface area contributed by atoms with Crippen LogP contribution >= 0.6 is 0 Å². The van der Waals surface area contributed by atoms with Gasteiger partial charge in [-0.05, 0) is 33.1 Å². The van der Waals surface area contributed by atoms with Crippen LogP contribution in [-0.2, 0) is 14.3 Å². The van der Waals surface area contributed by atoms with E-state index in [0.717, 1.165) is 19.3 Å². The standard InChI is InChI=1S/C11H21NO3/c1-10(2,14-3)7-8-15-9(13)11(12)5-4-6-11/h4-8,12H2,1-3H3. The van der Waals surface area contributed by atoms with Gasteiger partial charge in [0, 0.05) is 13.5 Å². The highest BCUT2D eigenvalue weighted by atomic mass is 16.5. The van der Waals surface area contributed by atoms with E-state index in [9.17, 15) is 4.79 Å². The van der Waals surface area contributed by atoms with Gasteiger partial charge in [0.2, 0.25) is 0 Å². The van der Waals surface area contributed by atoms with Crippen molar-refractivity contribution >= 4 is 5.97 Å². The van der Waals surface area contributed by atoms with Gasteiger partial charge in [-0.1, -0.05) is 0 Å². The molecule has 0 radical (unpaired) electrons. The minimum Gasteiger partial charge on any atom is -0.464 e. The second-order valence-corrected chi connectivity index (χ2v) is 4.86. The van der Waals surface area contributed by atoms with E-state index in [1.807, 2.05) is 13.8 Å². The molecule has 4 nitrogen and oxygen atoms in total. The summed E-state index contributed by atoms with van der Waals surface area (Å²) in [6.45, 7) is 4.30. The molecule has 0 heterocycles. The first-order valence-corrected chi connectivity index (χ1v) is 5.41. The maximum absolute atomic E-state index is 11.5. The van der Waals surface area contributed by atoms with Crippen LogP contribution in [0.5, 0.6) is 0 Å². The number of hydrogen-bond donors (Lipinski definition) is 1. The Hall–Kier alpha value is -0.610. The van der Waals surface area contributed by atoms with Crippen LogP contribution < -0.4 is 5.73 Å². The first-order chi connectivity index (χ1) is 6.90. The molecule has 1 fully saturated rings. The minimum absolute atomic E-state index is 0.248. The van der Waals surface area contributed by atoms with Gasteiger partial charge in [0.05, 0.1) is 12.2 Å². The summed E-state index contributed by atoms with van der Waals surface area (Å²) in [4.78, 5) is 11.5. The summed E-state index contributed by atoms with van der Waals surface area (Å²) < 4.78 is 10.4. The first-order valence-electron chi connectivity index (χ1n) is 5.41. The summed E-state index contributed by atoms with van der Waals surface area (Å²) in [6, 6.07) is 0. The van der Waals surface area contributed by atoms with Crippen LogP contribution in [0.2, 0.25) is 0 Å². The molecule has 4 heteroatoms. The van der Waals surface area contributed by atoms with Gasteiger partial charge in [0.15, 0.2) is 0 Å². The lowest BCUT2D eigenvalue weighted by atomic mass is 9.78. The topological polar surface area (TPSA) is 61.5 Å². The normalized spacial score (nSPS) is 19.5. The second kappa shape index (κ2) is 4.49. The van der Waals surface area contributed by atoms with E-state index in [1.165, 1.54) is 0 Å². The van der Waals surface area contributed by atoms with Gasteiger partial charge in [0.1, 0.15) is 5.54 Å². The van der Waals surface area contributed by atoms with Crippen LogP contribution in [-0.4, -0.2) is 30.8 Å². The monoisotopic (exact) mass is 215 g/mol. The molecular weight excluding hydrogens is 194 g/mol. The number of methoxy groups -OCH3 is 1. The van der Waals surface area contributed by atoms with E-state index in [2.05, 4.69) is 0 Å². The third-order valence-corrected chi connectivity index (χ3v) is 3.14. The van der Waals surface area contributed by atoms with E-state index in [0.29, 0.717) is 13.0 Å². The molecule has 0 aliphatic heterocycles. The van der Waals surface area contributed by atoms with E-state index in [1.54, 1.807) is 7.11 Å². The van der Waals surface area contributed by atoms with Crippen LogP contribution in [0.3, 0.4) is 0 Å². The molecule has 2 N–H and O–H groups in total. The average Bonchev–Trinajstić information content (AvgIpc) is 2.13. The Balaban J connectivity index is 2.23. The quantitative estimate of drug-likeness (QED) is 0.701. The number of rotatable bonds is 5. The highest BCUT2D eigenvalue weighted by Crippen LogP contribution is 2.30. The van der Waals surface area contributed by atoms with E-state index in [-0.39, 0.29) is 11.6 Å². The molecular formula is C11H21NO3. The summed E-state index contributed by atoms with van der Waals surface area (Å²) in [5.41, 5.74) is 4.88. The molecule has 0 aromatic heterocycles. The maximum Gasteiger partial charge on any atom is 0.326 e. The highest BCUT2D eigenvalue weighted by molar-refractivity contribution is 5.81. The molecule has 0 bridgehead atoms. The van der Waals surface area contributed by atoms with Gasteiger partial charge in [-0.15, -0.1) is 0 Å². The van der Waals surface area contributed by atoms with Crippen molar-refractivity contribution in [2.75, 3.05) is 13.7 Å². The molecule has 0 atom stereocenters. The lowest BCUT2D eigenvalue weighted by Crippen LogP contribution is -2.54. The van der Waals surface area contributed by atoms with E-state index < -0.39 is 5.54 Å². The van der Waals surface area contributed by atoms with Gasteiger partial charge < -0.3 is 15.2 Å². The molecule has 0 amide bonds. The number of esters is 1. The van der Waals surface area contributed by atoms with Gasteiger partial charge in [0.25, 0.3) is 0 Å². The van der Waals surface area contributed by atoms with Crippen molar-refractivity contribution in [1.82, 2.24) is 0 Å². The third-order valence-electron chi connectivity index (χ3n) is 3.14. The Morgan fingerprint density at radius 1 is 1.47 bits per heavy atom. The molecule has 0 spiro atoms. The summed E-state index contributed by atoms with van der Waals surface area (Å²) >= 11 is 0. The molecule has 1 aliphatic rings. The molecule has 0 saturated heterocycles. The summed E-state index contributed by atoms with van der Waals surface area (Å²) in [5, 5.41) is 0. The van der Waals surface area contributed by atoms with Crippen molar-refractivity contribution in [3.63, 3.8) is 0 Å². The fourth-order valence-corrected chi connectivity index (χ4v) is 1.40. The number of nitrogens with two attached hydrogens (primary N) is 1. The second-order valence-electron chi connectivity index (χ2n) is 4.86. The van der Waals surface area contributed by atoms with Crippen LogP contribution in [0, 0.1) is 0 Å². The predicted molar refractivity (Wildman–Crippen MR) is 57.4 cm³/mol. The lowest BCUT2D eigenvalue weighted by molar-refractivity contribution is -0.155. The zero-order valence-electron chi connectivity index (χ0n) is 9.84. The molecule has 1 saturated carbocycles. The van der Waals surface area contributed by atoms with Crippen molar-refractivity contribution in [1.29, 1.82) is 0 Å². The van der Waals surface area contributed by atoms with Crippen molar-refractivity contribution in [2.24, 2.45) is 5.73 Å². The largest absolute Gasteiger partial charge is 0.464 e. The molecule has 15 heavy (non-hydrogen) atoms. The number of ether oxygens (including phenoxy) is 2. The first kappa shape index (κ1) is 12.5. The third kappa shape index (κ3) is 3.18. The van der Waals surface area contributed by atoms with Crippen LogP contribution in [0.1, 0.15) is 39.5 Å². The maximum atomic E-state index is 11.5. The van der Waals surface area contributed by atoms with Crippen molar-refractivity contribution in [2.45, 2.75) is 50.7 Å². The average molecular weight is 215 g/mol. The number of hydrogen-bond acceptors (Lipinski definition) is 4. The minimum atomic E-state index is -0.697. The molecule has 0 aromatic rings. The van der Waals surface area contributed by atoms with Crippen LogP contribution in [0.15, 0.2) is 0 Å². The Bertz CT molecular complexity index is 234. The molecule has 0 aromatic carbocycles. The smallest absolute Gasteiger partial charge is 0.326 e. The Morgan fingerprint density at radius 3 is 2.47 bits per heavy atom. The van der Waals surface area contributed by atoms with E-state index >= 15 is 0 Å². The van der Waals surface area contributed by atoms with Crippen molar-refractivity contribution in [3.05, 3.63) is 0 Å². The van der Waals surface area contributed by atoms with Crippen molar-refractivity contribution in [3.8, 4) is 0 Å². The molecule has 1 aliphatic carbocycles. The Labute approximate surface area is 91.1 Å². The summed E-state index contributed by atoms with van der Waals surface area (Å²) in [7, 11) is 1.65. The molecule has 1 rings (SSSR count). The Morgan fingerprint density at radius 2 is 2.07 bits per heavy atom. The highest BCUT2D eigenvalue weighted by Gasteiger charge is 2.41. The lowest BCUT2D eigenvalue weighted by Gasteiger charge is -2.35. The molecule has 0 unspecified atom stereocenters. The SMILES string of the molecule is COC(C)(C)CCOC(=O)C1(N)CCC1. The zero-order chi connectivity index (χ0) is 11.5. The van der Waals surface area contributed by atoms with Crippen molar-refractivity contribution < 1.29 is 14.3 Å². The zero-order valence-corrected chi connectivity index (χ0v) is 9.84. The predicted octanol–water partition coefficient (Wildman–Crippen LogP) is 1.23. The van der Waals surface area contributed by atoms with Gasteiger partial charge in [-0.3, -0.25) is 4.79 Å². The van der Waals surface area contributed by atoms with Crippen LogP contribution in [0.4, 0.5) is 0 Å². The fraction of sp³-hybridized carbons (Fsp3) is 0.909. The fourth-order valence-electron chi connectivity index (χ4n) is 1.40. The van der Waals surface area contributed by atoms with Crippen LogP contribution in [0.25, 0.3) is 0 Å². The summed E-state index contributed by atoms with van der Waals surface area (Å²) in [5.74, 6) is -0.263. The summed E-state index contributed by atoms with van der Waals surface area (Å²) in [6.07, 6.45) is 3.21. The Kier molecular flexibility index (Phi) is 3.73.